The molecule has 0 aliphatic heterocycles. The van der Waals surface area contributed by atoms with Gasteiger partial charge in [-0.3, -0.25) is 10.4 Å². The fourth-order valence-corrected chi connectivity index (χ4v) is 5.02. The molecule has 3 nitrogen and oxygen atoms in total. The highest BCUT2D eigenvalue weighted by atomic mass is 16.8. The predicted molar refractivity (Wildman–Crippen MR) is 136 cm³/mol. The molecule has 0 saturated carbocycles. The minimum Gasteiger partial charge on any atom is -0.289 e. The third kappa shape index (κ3) is 20.2. The molecule has 188 valence electrons. The van der Waals surface area contributed by atoms with Crippen LogP contribution in [0.3, 0.4) is 0 Å². The summed E-state index contributed by atoms with van der Waals surface area (Å²) in [4.78, 5) is 0. The molecule has 0 amide bonds. The number of unbranched alkanes of at least 4 members (excludes halogenated alkanes) is 19. The Balaban J connectivity index is 3.26. The van der Waals surface area contributed by atoms with Crippen LogP contribution in [0, 0.1) is 5.92 Å². The summed E-state index contributed by atoms with van der Waals surface area (Å²) in [5, 5.41) is 19.2. The molecular formula is C28H59NO2. The predicted octanol–water partition coefficient (Wildman–Crippen LogP) is 10.1. The Bertz CT molecular complexity index is 335. The van der Waals surface area contributed by atoms with Crippen LogP contribution >= 0.6 is 0 Å². The Kier molecular flexibility index (Phi) is 24.4. The molecule has 0 radical (unpaired) electrons. The molecule has 0 aromatic heterocycles. The quantitative estimate of drug-likeness (QED) is 0.109. The van der Waals surface area contributed by atoms with E-state index in [2.05, 4.69) is 13.8 Å². The van der Waals surface area contributed by atoms with E-state index in [-0.39, 0.29) is 6.04 Å². The topological polar surface area (TPSA) is 43.7 Å². The number of hydrogen-bond donors (Lipinski definition) is 2. The number of nitrogens with zero attached hydrogens (tertiary/aromatic N) is 1. The molecule has 3 heteroatoms. The summed E-state index contributed by atoms with van der Waals surface area (Å²) in [6.45, 7) is 6.48. The Labute approximate surface area is 196 Å². The van der Waals surface area contributed by atoms with Gasteiger partial charge in [0.25, 0.3) is 0 Å². The van der Waals surface area contributed by atoms with E-state index in [0.29, 0.717) is 11.1 Å². The first kappa shape index (κ1) is 30.9. The lowest BCUT2D eigenvalue weighted by Gasteiger charge is -2.27. The van der Waals surface area contributed by atoms with Gasteiger partial charge in [0.2, 0.25) is 0 Å². The average molecular weight is 442 g/mol. The van der Waals surface area contributed by atoms with Gasteiger partial charge in [0, 0.05) is 0 Å². The highest BCUT2D eigenvalue weighted by Gasteiger charge is 2.22. The van der Waals surface area contributed by atoms with E-state index in [1.165, 1.54) is 128 Å². The molecule has 2 N–H and O–H groups in total. The Morgan fingerprint density at radius 2 is 0.774 bits per heavy atom. The molecule has 0 aliphatic carbocycles. The van der Waals surface area contributed by atoms with Crippen LogP contribution in [0.5, 0.6) is 0 Å². The molecule has 0 bridgehead atoms. The molecule has 31 heavy (non-hydrogen) atoms. The monoisotopic (exact) mass is 441 g/mol. The normalized spacial score (nSPS) is 13.7. The second-order valence-corrected chi connectivity index (χ2v) is 9.97. The smallest absolute Gasteiger partial charge is 0.0649 e. The van der Waals surface area contributed by atoms with Gasteiger partial charge in [0.15, 0.2) is 0 Å². The maximum absolute atomic E-state index is 9.37. The average Bonchev–Trinajstić information content (AvgIpc) is 2.76. The van der Waals surface area contributed by atoms with Crippen molar-refractivity contribution in [1.82, 2.24) is 5.23 Å². The summed E-state index contributed by atoms with van der Waals surface area (Å²) in [5.74, 6) is 0.399. The van der Waals surface area contributed by atoms with Crippen molar-refractivity contribution in [2.75, 3.05) is 0 Å². The van der Waals surface area contributed by atoms with Crippen LogP contribution in [0.2, 0.25) is 0 Å². The third-order valence-corrected chi connectivity index (χ3v) is 7.21. The first-order valence-corrected chi connectivity index (χ1v) is 14.3. The Morgan fingerprint density at radius 3 is 1.03 bits per heavy atom. The van der Waals surface area contributed by atoms with E-state index < -0.39 is 0 Å². The largest absolute Gasteiger partial charge is 0.289 e. The van der Waals surface area contributed by atoms with Crippen LogP contribution < -0.4 is 0 Å². The first-order valence-electron chi connectivity index (χ1n) is 14.3. The van der Waals surface area contributed by atoms with Gasteiger partial charge in [0.05, 0.1) is 6.04 Å². The summed E-state index contributed by atoms with van der Waals surface area (Å²) in [6.07, 6.45) is 31.2. The molecule has 0 aromatic rings. The van der Waals surface area contributed by atoms with Crippen molar-refractivity contribution < 1.29 is 10.4 Å². The molecule has 0 saturated heterocycles. The van der Waals surface area contributed by atoms with Crippen LogP contribution in [0.25, 0.3) is 0 Å². The molecule has 0 heterocycles. The number of rotatable bonds is 25. The van der Waals surface area contributed by atoms with Gasteiger partial charge >= 0.3 is 0 Å². The highest BCUT2D eigenvalue weighted by molar-refractivity contribution is 4.70. The van der Waals surface area contributed by atoms with Crippen LogP contribution in [0.4, 0.5) is 0 Å². The molecule has 2 atom stereocenters. The molecule has 0 rings (SSSR count). The van der Waals surface area contributed by atoms with E-state index in [1.54, 1.807) is 0 Å². The van der Waals surface area contributed by atoms with E-state index in [1.807, 2.05) is 6.92 Å². The van der Waals surface area contributed by atoms with E-state index in [4.69, 9.17) is 0 Å². The summed E-state index contributed by atoms with van der Waals surface area (Å²) in [6, 6.07) is -0.106. The lowest BCUT2D eigenvalue weighted by atomic mass is 9.89. The van der Waals surface area contributed by atoms with E-state index >= 15 is 0 Å². The summed E-state index contributed by atoms with van der Waals surface area (Å²) >= 11 is 0. The molecule has 0 aliphatic rings. The molecule has 0 aromatic carbocycles. The second-order valence-electron chi connectivity index (χ2n) is 9.97. The highest BCUT2D eigenvalue weighted by Crippen LogP contribution is 2.23. The van der Waals surface area contributed by atoms with Gasteiger partial charge in [0.1, 0.15) is 0 Å². The summed E-state index contributed by atoms with van der Waals surface area (Å²) in [7, 11) is 0. The third-order valence-electron chi connectivity index (χ3n) is 7.21. The summed E-state index contributed by atoms with van der Waals surface area (Å²) in [5.41, 5.74) is 0. The fourth-order valence-electron chi connectivity index (χ4n) is 5.02. The molecule has 0 spiro atoms. The van der Waals surface area contributed by atoms with Crippen LogP contribution in [-0.2, 0) is 0 Å². The van der Waals surface area contributed by atoms with Crippen molar-refractivity contribution in [3.05, 3.63) is 0 Å². The van der Waals surface area contributed by atoms with Gasteiger partial charge < -0.3 is 0 Å². The molecule has 2 unspecified atom stereocenters. The van der Waals surface area contributed by atoms with E-state index in [9.17, 15) is 10.4 Å². The van der Waals surface area contributed by atoms with Gasteiger partial charge in [-0.2, -0.15) is 0 Å². The van der Waals surface area contributed by atoms with Gasteiger partial charge in [-0.25, -0.2) is 0 Å². The lowest BCUT2D eigenvalue weighted by molar-refractivity contribution is -0.340. The zero-order chi connectivity index (χ0) is 23.0. The van der Waals surface area contributed by atoms with Gasteiger partial charge in [-0.1, -0.05) is 161 Å². The SMILES string of the molecule is CCCCCCCCCCCCCCCCCCCCCCC(CC)C(CC)N(O)O. The fraction of sp³-hybridized carbons (Fsp3) is 1.00. The Morgan fingerprint density at radius 1 is 0.452 bits per heavy atom. The van der Waals surface area contributed by atoms with Crippen LogP contribution in [0.15, 0.2) is 0 Å². The molecular weight excluding hydrogens is 382 g/mol. The van der Waals surface area contributed by atoms with Crippen molar-refractivity contribution >= 4 is 0 Å². The van der Waals surface area contributed by atoms with Crippen molar-refractivity contribution in [2.45, 2.75) is 174 Å². The van der Waals surface area contributed by atoms with Crippen molar-refractivity contribution in [1.29, 1.82) is 0 Å². The summed E-state index contributed by atoms with van der Waals surface area (Å²) < 4.78 is 0. The minimum atomic E-state index is -0.106. The first-order chi connectivity index (χ1) is 15.2. The second kappa shape index (κ2) is 24.5. The van der Waals surface area contributed by atoms with Crippen LogP contribution in [-0.4, -0.2) is 21.7 Å². The van der Waals surface area contributed by atoms with Gasteiger partial charge in [-0.15, -0.1) is 0 Å². The Hall–Kier alpha value is -0.120. The van der Waals surface area contributed by atoms with Crippen LogP contribution in [0.1, 0.15) is 168 Å². The maximum atomic E-state index is 9.37. The zero-order valence-corrected chi connectivity index (χ0v) is 21.8. The van der Waals surface area contributed by atoms with Crippen molar-refractivity contribution in [3.63, 3.8) is 0 Å². The lowest BCUT2D eigenvalue weighted by Crippen LogP contribution is -2.35. The minimum absolute atomic E-state index is 0.106. The standard InChI is InChI=1S/C28H59NO2/c1-4-7-8-9-10-11-12-13-14-15-16-17-18-19-20-21-22-23-24-25-26-27(5-2)28(6-3)29(30)31/h27-28,30-31H,4-26H2,1-3H3. The zero-order valence-electron chi connectivity index (χ0n) is 21.8. The van der Waals surface area contributed by atoms with Crippen molar-refractivity contribution in [2.24, 2.45) is 5.92 Å². The number of hydrogen-bond acceptors (Lipinski definition) is 3. The number of hydroxylamine groups is 2. The van der Waals surface area contributed by atoms with Crippen molar-refractivity contribution in [3.8, 4) is 0 Å². The van der Waals surface area contributed by atoms with E-state index in [0.717, 1.165) is 19.3 Å². The van der Waals surface area contributed by atoms with Gasteiger partial charge in [-0.05, 0) is 18.8 Å². The molecule has 0 fully saturated rings. The maximum Gasteiger partial charge on any atom is 0.0649 e.